The Balaban J connectivity index is 2.24. The summed E-state index contributed by atoms with van der Waals surface area (Å²) in [7, 11) is 0. The Morgan fingerprint density at radius 1 is 1.64 bits per heavy atom. The van der Waals surface area contributed by atoms with Gasteiger partial charge in [-0.2, -0.15) is 0 Å². The average Bonchev–Trinajstić information content (AvgIpc) is 2.34. The van der Waals surface area contributed by atoms with Crippen molar-refractivity contribution in [3.05, 3.63) is 0 Å². The number of carbonyl (C=O) groups excluding carboxylic acids is 1. The van der Waals surface area contributed by atoms with E-state index in [0.29, 0.717) is 0 Å². The number of carbonyl (C=O) groups is 1. The standard InChI is InChI=1S/C7H11O2.BrH.Hg/c1-6(8)9-7-4-2-3-5-7;;/h2,7H,3-5H2,1H3;1H;/q;;+1/p-1/t7-;;/m1../s1. The quantitative estimate of drug-likeness (QED) is 0.519. The van der Waals surface area contributed by atoms with Crippen LogP contribution in [0.2, 0.25) is 3.43 Å². The maximum atomic E-state index is 10.6. The molecule has 0 N–H and O–H groups in total. The van der Waals surface area contributed by atoms with Gasteiger partial charge in [-0.3, -0.25) is 0 Å². The zero-order valence-electron chi connectivity index (χ0n) is 6.68. The Morgan fingerprint density at radius 3 is 2.82 bits per heavy atom. The van der Waals surface area contributed by atoms with Crippen LogP contribution in [0.15, 0.2) is 0 Å². The Hall–Kier alpha value is 0.885. The van der Waals surface area contributed by atoms with Gasteiger partial charge in [-0.25, -0.2) is 0 Å². The van der Waals surface area contributed by atoms with Crippen LogP contribution in [-0.4, -0.2) is 12.1 Å². The van der Waals surface area contributed by atoms with Crippen molar-refractivity contribution in [3.8, 4) is 0 Å². The summed E-state index contributed by atoms with van der Waals surface area (Å²) in [5, 5.41) is 0. The van der Waals surface area contributed by atoms with E-state index in [1.54, 1.807) is 0 Å². The summed E-state index contributed by atoms with van der Waals surface area (Å²) >= 11 is 2.95. The average molecular weight is 408 g/mol. The van der Waals surface area contributed by atoms with E-state index in [1.165, 1.54) is 13.3 Å². The second-order valence-corrected chi connectivity index (χ2v) is 14.4. The molecule has 0 saturated heterocycles. The molecular formula is C7H11BrHgO2. The van der Waals surface area contributed by atoms with E-state index in [9.17, 15) is 4.79 Å². The summed E-state index contributed by atoms with van der Waals surface area (Å²) < 4.78 is 6.05. The Morgan fingerprint density at radius 2 is 2.36 bits per heavy atom. The molecule has 0 aliphatic heterocycles. The summed E-state index contributed by atoms with van der Waals surface area (Å²) in [6.45, 7) is 1.49. The van der Waals surface area contributed by atoms with E-state index in [0.717, 1.165) is 16.3 Å². The molecule has 0 aromatic rings. The second kappa shape index (κ2) is 4.80. The molecular weight excluding hydrogens is 397 g/mol. The van der Waals surface area contributed by atoms with E-state index < -0.39 is 22.1 Å². The van der Waals surface area contributed by atoms with Crippen LogP contribution >= 0.6 is 11.9 Å². The van der Waals surface area contributed by atoms with Gasteiger partial charge in [-0.05, 0) is 0 Å². The molecule has 0 amide bonds. The maximum absolute atomic E-state index is 10.6. The summed E-state index contributed by atoms with van der Waals surface area (Å²) in [4.78, 5) is 10.6. The van der Waals surface area contributed by atoms with Crippen molar-refractivity contribution in [2.45, 2.75) is 35.7 Å². The van der Waals surface area contributed by atoms with Crippen LogP contribution in [0.1, 0.15) is 26.2 Å². The molecule has 0 heterocycles. The first-order valence-electron chi connectivity index (χ1n) is 3.95. The third-order valence-corrected chi connectivity index (χ3v) is 14.7. The van der Waals surface area contributed by atoms with Gasteiger partial charge in [-0.1, -0.05) is 0 Å². The molecule has 0 bridgehead atoms. The molecule has 1 rings (SSSR count). The van der Waals surface area contributed by atoms with E-state index in [4.69, 9.17) is 4.74 Å². The van der Waals surface area contributed by atoms with Crippen molar-refractivity contribution >= 4 is 17.9 Å². The topological polar surface area (TPSA) is 26.3 Å². The zero-order valence-corrected chi connectivity index (χ0v) is 13.8. The van der Waals surface area contributed by atoms with Gasteiger partial charge in [0.2, 0.25) is 0 Å². The molecule has 1 aliphatic rings. The fraction of sp³-hybridized carbons (Fsp3) is 0.857. The van der Waals surface area contributed by atoms with Gasteiger partial charge in [0, 0.05) is 0 Å². The van der Waals surface area contributed by atoms with Crippen molar-refractivity contribution < 1.29 is 31.7 Å². The van der Waals surface area contributed by atoms with Crippen molar-refractivity contribution in [1.82, 2.24) is 0 Å². The van der Waals surface area contributed by atoms with Gasteiger partial charge in [0.1, 0.15) is 0 Å². The second-order valence-electron chi connectivity index (χ2n) is 3.06. The summed E-state index contributed by atoms with van der Waals surface area (Å²) in [5.41, 5.74) is 0. The molecule has 2 nitrogen and oxygen atoms in total. The van der Waals surface area contributed by atoms with Crippen molar-refractivity contribution in [2.75, 3.05) is 0 Å². The molecule has 0 spiro atoms. The summed E-state index contributed by atoms with van der Waals surface area (Å²) in [5.74, 6) is -0.123. The number of rotatable bonds is 2. The molecule has 1 aliphatic carbocycles. The van der Waals surface area contributed by atoms with Gasteiger partial charge in [0.15, 0.2) is 0 Å². The molecule has 0 aromatic heterocycles. The SMILES string of the molecule is CC(=O)O[C@H]1CC[C@@H]([Hg][Br])C1. The number of esters is 1. The van der Waals surface area contributed by atoms with Crippen molar-refractivity contribution in [3.63, 3.8) is 0 Å². The molecule has 1 fully saturated rings. The van der Waals surface area contributed by atoms with Crippen molar-refractivity contribution in [1.29, 1.82) is 0 Å². The number of hydrogen-bond donors (Lipinski definition) is 0. The first-order chi connectivity index (χ1) is 5.22. The first kappa shape index (κ1) is 9.97. The predicted octanol–water partition coefficient (Wildman–Crippen LogP) is 2.28. The molecule has 60 valence electrons. The van der Waals surface area contributed by atoms with Crippen LogP contribution in [0.3, 0.4) is 0 Å². The van der Waals surface area contributed by atoms with Crippen LogP contribution in [0.25, 0.3) is 0 Å². The molecule has 0 aromatic carbocycles. The fourth-order valence-electron chi connectivity index (χ4n) is 1.51. The Bertz CT molecular complexity index is 151. The van der Waals surface area contributed by atoms with Crippen LogP contribution in [0.4, 0.5) is 0 Å². The fourth-order valence-corrected chi connectivity index (χ4v) is 10.1. The first-order valence-corrected chi connectivity index (χ1v) is 19.0. The Labute approximate surface area is 84.7 Å². The van der Waals surface area contributed by atoms with Gasteiger partial charge < -0.3 is 0 Å². The van der Waals surface area contributed by atoms with Gasteiger partial charge >= 0.3 is 85.3 Å². The van der Waals surface area contributed by atoms with E-state index >= 15 is 0 Å². The third kappa shape index (κ3) is 3.41. The zero-order chi connectivity index (χ0) is 8.27. The van der Waals surface area contributed by atoms with Crippen molar-refractivity contribution in [2.24, 2.45) is 0 Å². The number of halogens is 1. The molecule has 0 unspecified atom stereocenters. The minimum absolute atomic E-state index is 0.123. The van der Waals surface area contributed by atoms with Crippen LogP contribution < -0.4 is 0 Å². The predicted molar refractivity (Wildman–Crippen MR) is 42.1 cm³/mol. The van der Waals surface area contributed by atoms with E-state index in [2.05, 4.69) is 11.9 Å². The molecule has 4 heteroatoms. The molecule has 2 atom stereocenters. The molecule has 11 heavy (non-hydrogen) atoms. The number of ether oxygens (including phenoxy) is 1. The Kier molecular flexibility index (Phi) is 4.35. The van der Waals surface area contributed by atoms with Crippen LogP contribution in [-0.2, 0) is 31.7 Å². The van der Waals surface area contributed by atoms with Crippen LogP contribution in [0.5, 0.6) is 0 Å². The van der Waals surface area contributed by atoms with E-state index in [-0.39, 0.29) is 12.1 Å². The molecule has 1 saturated carbocycles. The van der Waals surface area contributed by atoms with Crippen LogP contribution in [0, 0.1) is 0 Å². The molecule has 0 radical (unpaired) electrons. The third-order valence-electron chi connectivity index (χ3n) is 2.04. The van der Waals surface area contributed by atoms with Gasteiger partial charge in [0.05, 0.1) is 0 Å². The summed E-state index contributed by atoms with van der Waals surface area (Å²) in [6, 6.07) is 0. The minimum atomic E-state index is -0.706. The van der Waals surface area contributed by atoms with E-state index in [1.807, 2.05) is 0 Å². The number of hydrogen-bond acceptors (Lipinski definition) is 2. The van der Waals surface area contributed by atoms with Gasteiger partial charge in [0.25, 0.3) is 0 Å². The summed E-state index contributed by atoms with van der Waals surface area (Å²) in [6.07, 6.45) is 3.75. The van der Waals surface area contributed by atoms with Gasteiger partial charge in [-0.15, -0.1) is 0 Å². The normalized spacial score (nSPS) is 29.6. The monoisotopic (exact) mass is 408 g/mol.